The van der Waals surface area contributed by atoms with Gasteiger partial charge in [-0.15, -0.1) is 0 Å². The van der Waals surface area contributed by atoms with E-state index in [0.717, 1.165) is 23.2 Å². The van der Waals surface area contributed by atoms with Crippen molar-refractivity contribution in [3.05, 3.63) is 11.8 Å². The molecule has 0 aromatic carbocycles. The summed E-state index contributed by atoms with van der Waals surface area (Å²) in [6, 6.07) is 0.813. The highest BCUT2D eigenvalue weighted by atomic mass is 79.9. The lowest BCUT2D eigenvalue weighted by atomic mass is 10.4. The highest BCUT2D eigenvalue weighted by Crippen LogP contribution is 2.30. The number of thioether (sulfide) groups is 1. The Morgan fingerprint density at radius 2 is 2.12 bits per heavy atom. The van der Waals surface area contributed by atoms with Crippen LogP contribution in [0, 0.1) is 0 Å². The maximum Gasteiger partial charge on any atom is 0.433 e. The van der Waals surface area contributed by atoms with Crippen LogP contribution in [-0.2, 0) is 6.18 Å². The summed E-state index contributed by atoms with van der Waals surface area (Å²) in [5.41, 5.74) is -0.981. The first-order valence-corrected chi connectivity index (χ1v) is 7.01. The molecule has 0 atom stereocenters. The fourth-order valence-electron chi connectivity index (χ4n) is 0.946. The molecule has 0 fully saturated rings. The minimum atomic E-state index is -4.49. The molecule has 0 saturated heterocycles. The number of hydrogen-bond acceptors (Lipinski definition) is 4. The zero-order valence-corrected chi connectivity index (χ0v) is 11.3. The molecule has 0 amide bonds. The van der Waals surface area contributed by atoms with Gasteiger partial charge in [-0.1, -0.05) is 27.7 Å². The van der Waals surface area contributed by atoms with Crippen LogP contribution in [0.4, 0.5) is 13.2 Å². The summed E-state index contributed by atoms with van der Waals surface area (Å²) < 4.78 is 42.7. The molecule has 0 radical (unpaired) electrons. The van der Waals surface area contributed by atoms with Crippen molar-refractivity contribution in [1.82, 2.24) is 9.97 Å². The second-order valence-electron chi connectivity index (χ2n) is 2.97. The van der Waals surface area contributed by atoms with Crippen LogP contribution in [0.15, 0.2) is 11.2 Å². The number of nitrogens with zero attached hydrogens (tertiary/aromatic N) is 2. The van der Waals surface area contributed by atoms with Gasteiger partial charge in [0.25, 0.3) is 0 Å². The number of halogens is 4. The van der Waals surface area contributed by atoms with E-state index >= 15 is 0 Å². The molecule has 0 saturated carbocycles. The van der Waals surface area contributed by atoms with Gasteiger partial charge in [-0.25, -0.2) is 4.98 Å². The summed E-state index contributed by atoms with van der Waals surface area (Å²) in [6.45, 7) is 0.313. The number of aromatic nitrogens is 2. The molecule has 17 heavy (non-hydrogen) atoms. The second-order valence-corrected chi connectivity index (χ2v) is 4.53. The van der Waals surface area contributed by atoms with E-state index in [0.29, 0.717) is 13.0 Å². The molecule has 0 unspecified atom stereocenters. The lowest BCUT2D eigenvalue weighted by Gasteiger charge is -2.10. The fraction of sp³-hybridized carbons (Fsp3) is 0.556. The molecule has 0 aliphatic rings. The zero-order chi connectivity index (χ0) is 12.9. The van der Waals surface area contributed by atoms with Gasteiger partial charge in [0.15, 0.2) is 10.9 Å². The Bertz CT molecular complexity index is 376. The Kier molecular flexibility index (Phi) is 5.51. The molecule has 0 spiro atoms. The Balaban J connectivity index is 2.89. The summed E-state index contributed by atoms with van der Waals surface area (Å²) >= 11 is 4.24. The molecule has 1 heterocycles. The van der Waals surface area contributed by atoms with Crippen molar-refractivity contribution in [2.24, 2.45) is 0 Å². The van der Waals surface area contributed by atoms with Crippen molar-refractivity contribution in [2.75, 3.05) is 18.2 Å². The normalized spacial score (nSPS) is 11.6. The van der Waals surface area contributed by atoms with E-state index in [1.54, 1.807) is 6.26 Å². The third-order valence-electron chi connectivity index (χ3n) is 1.68. The van der Waals surface area contributed by atoms with Crippen molar-refractivity contribution >= 4 is 27.7 Å². The third kappa shape index (κ3) is 4.71. The predicted molar refractivity (Wildman–Crippen MR) is 62.7 cm³/mol. The average Bonchev–Trinajstić information content (AvgIpc) is 2.28. The van der Waals surface area contributed by atoms with E-state index in [-0.39, 0.29) is 11.0 Å². The van der Waals surface area contributed by atoms with Gasteiger partial charge in [-0.05, 0) is 12.7 Å². The second kappa shape index (κ2) is 6.44. The summed E-state index contributed by atoms with van der Waals surface area (Å²) in [5.74, 6) is -0.0439. The van der Waals surface area contributed by atoms with Crippen molar-refractivity contribution in [1.29, 1.82) is 0 Å². The molecule has 0 bridgehead atoms. The first-order valence-electron chi connectivity index (χ1n) is 4.66. The first-order chi connectivity index (χ1) is 7.97. The van der Waals surface area contributed by atoms with Crippen LogP contribution < -0.4 is 4.74 Å². The maximum absolute atomic E-state index is 12.5. The van der Waals surface area contributed by atoms with E-state index in [1.165, 1.54) is 0 Å². The number of hydrogen-bond donors (Lipinski definition) is 0. The van der Waals surface area contributed by atoms with Crippen LogP contribution in [0.1, 0.15) is 12.1 Å². The highest BCUT2D eigenvalue weighted by molar-refractivity contribution is 9.09. The van der Waals surface area contributed by atoms with Crippen molar-refractivity contribution in [3.8, 4) is 5.88 Å². The van der Waals surface area contributed by atoms with Crippen LogP contribution in [0.3, 0.4) is 0 Å². The Labute approximate surface area is 109 Å². The molecular formula is C9H10BrF3N2OS. The highest BCUT2D eigenvalue weighted by Gasteiger charge is 2.33. The number of ether oxygens (including phenoxy) is 1. The van der Waals surface area contributed by atoms with Gasteiger partial charge < -0.3 is 4.74 Å². The van der Waals surface area contributed by atoms with E-state index in [9.17, 15) is 13.2 Å². The lowest BCUT2D eigenvalue weighted by molar-refractivity contribution is -0.141. The molecule has 0 aliphatic carbocycles. The summed E-state index contributed by atoms with van der Waals surface area (Å²) in [5, 5.41) is 0.772. The molecule has 96 valence electrons. The SMILES string of the molecule is CSc1nc(OCCCBr)cc(C(F)(F)F)n1. The minimum absolute atomic E-state index is 0.0439. The van der Waals surface area contributed by atoms with E-state index in [1.807, 2.05) is 0 Å². The van der Waals surface area contributed by atoms with Crippen molar-refractivity contribution in [2.45, 2.75) is 17.8 Å². The van der Waals surface area contributed by atoms with Gasteiger partial charge in [0.05, 0.1) is 6.61 Å². The molecule has 1 aromatic heterocycles. The van der Waals surface area contributed by atoms with Gasteiger partial charge >= 0.3 is 6.18 Å². The van der Waals surface area contributed by atoms with Crippen LogP contribution in [0.25, 0.3) is 0 Å². The zero-order valence-electron chi connectivity index (χ0n) is 8.92. The first kappa shape index (κ1) is 14.6. The van der Waals surface area contributed by atoms with Crippen LogP contribution >= 0.6 is 27.7 Å². The molecule has 3 nitrogen and oxygen atoms in total. The lowest BCUT2D eigenvalue weighted by Crippen LogP contribution is -2.11. The van der Waals surface area contributed by atoms with Gasteiger partial charge in [0.2, 0.25) is 5.88 Å². The molecule has 0 N–H and O–H groups in total. The Hall–Kier alpha value is -0.500. The standard InChI is InChI=1S/C9H10BrF3N2OS/c1-17-8-14-6(9(11,12)13)5-7(15-8)16-4-2-3-10/h5H,2-4H2,1H3. The molecule has 1 rings (SSSR count). The van der Waals surface area contributed by atoms with Gasteiger partial charge in [0, 0.05) is 11.4 Å². The average molecular weight is 331 g/mol. The third-order valence-corrected chi connectivity index (χ3v) is 2.79. The minimum Gasteiger partial charge on any atom is -0.478 e. The molecule has 0 aliphatic heterocycles. The molecule has 8 heteroatoms. The predicted octanol–water partition coefficient (Wildman–Crippen LogP) is 3.38. The Morgan fingerprint density at radius 3 is 2.65 bits per heavy atom. The van der Waals surface area contributed by atoms with E-state index in [4.69, 9.17) is 4.74 Å². The van der Waals surface area contributed by atoms with Crippen LogP contribution in [0.5, 0.6) is 5.88 Å². The summed E-state index contributed by atoms with van der Waals surface area (Å²) in [4.78, 5) is 7.24. The summed E-state index contributed by atoms with van der Waals surface area (Å²) in [7, 11) is 0. The Morgan fingerprint density at radius 1 is 1.41 bits per heavy atom. The fourth-order valence-corrected chi connectivity index (χ4v) is 1.55. The van der Waals surface area contributed by atoms with Gasteiger partial charge in [-0.2, -0.15) is 18.2 Å². The van der Waals surface area contributed by atoms with Crippen molar-refractivity contribution in [3.63, 3.8) is 0 Å². The molecular weight excluding hydrogens is 321 g/mol. The van der Waals surface area contributed by atoms with Gasteiger partial charge in [-0.3, -0.25) is 0 Å². The topological polar surface area (TPSA) is 35.0 Å². The van der Waals surface area contributed by atoms with Crippen molar-refractivity contribution < 1.29 is 17.9 Å². The van der Waals surface area contributed by atoms with E-state index in [2.05, 4.69) is 25.9 Å². The maximum atomic E-state index is 12.5. The smallest absolute Gasteiger partial charge is 0.433 e. The van der Waals surface area contributed by atoms with Crippen LogP contribution in [-0.4, -0.2) is 28.2 Å². The summed E-state index contributed by atoms with van der Waals surface area (Å²) in [6.07, 6.45) is -2.18. The van der Waals surface area contributed by atoms with Gasteiger partial charge in [0.1, 0.15) is 0 Å². The monoisotopic (exact) mass is 330 g/mol. The number of rotatable bonds is 5. The van der Waals surface area contributed by atoms with Crippen LogP contribution in [0.2, 0.25) is 0 Å². The van der Waals surface area contributed by atoms with E-state index < -0.39 is 11.9 Å². The number of alkyl halides is 4. The largest absolute Gasteiger partial charge is 0.478 e. The quantitative estimate of drug-likeness (QED) is 0.359. The molecule has 1 aromatic rings.